The summed E-state index contributed by atoms with van der Waals surface area (Å²) in [7, 11) is 0. The predicted molar refractivity (Wildman–Crippen MR) is 78.7 cm³/mol. The normalized spacial score (nSPS) is 19.9. The van der Waals surface area contributed by atoms with Gasteiger partial charge in [-0.05, 0) is 24.6 Å². The van der Waals surface area contributed by atoms with Crippen molar-refractivity contribution in [2.24, 2.45) is 0 Å². The van der Waals surface area contributed by atoms with Crippen molar-refractivity contribution >= 4 is 0 Å². The molecule has 1 saturated heterocycles. The van der Waals surface area contributed by atoms with Gasteiger partial charge in [-0.15, -0.1) is 0 Å². The quantitative estimate of drug-likeness (QED) is 0.941. The molecule has 124 valence electrons. The van der Waals surface area contributed by atoms with E-state index in [2.05, 4.69) is 14.9 Å². The Morgan fingerprint density at radius 3 is 2.65 bits per heavy atom. The zero-order valence-electron chi connectivity index (χ0n) is 12.7. The van der Waals surface area contributed by atoms with Crippen molar-refractivity contribution in [1.29, 1.82) is 0 Å². The van der Waals surface area contributed by atoms with E-state index in [0.29, 0.717) is 26.3 Å². The summed E-state index contributed by atoms with van der Waals surface area (Å²) >= 11 is 0. The minimum absolute atomic E-state index is 0.0141. The van der Waals surface area contributed by atoms with Gasteiger partial charge < -0.3 is 9.72 Å². The topological polar surface area (TPSA) is 41.1 Å². The third kappa shape index (κ3) is 3.73. The lowest BCUT2D eigenvalue weighted by Crippen LogP contribution is -2.39. The number of hydrogen-bond acceptors (Lipinski definition) is 3. The number of alkyl halides is 3. The molecule has 1 aromatic carbocycles. The number of aromatic amines is 1. The summed E-state index contributed by atoms with van der Waals surface area (Å²) < 4.78 is 43.4. The smallest absolute Gasteiger partial charge is 0.378 e. The number of aryl methyl sites for hydroxylation is 1. The van der Waals surface area contributed by atoms with E-state index in [-0.39, 0.29) is 6.04 Å². The molecule has 0 radical (unpaired) electrons. The number of ether oxygens (including phenoxy) is 1. The Morgan fingerprint density at radius 2 is 2.04 bits per heavy atom. The van der Waals surface area contributed by atoms with Crippen LogP contribution < -0.4 is 0 Å². The van der Waals surface area contributed by atoms with Crippen LogP contribution in [0.15, 0.2) is 30.5 Å². The number of nitrogens with zero attached hydrogens (tertiary/aromatic N) is 2. The van der Waals surface area contributed by atoms with Gasteiger partial charge in [0, 0.05) is 25.0 Å². The molecule has 0 saturated carbocycles. The lowest BCUT2D eigenvalue weighted by atomic mass is 10.1. The fourth-order valence-corrected chi connectivity index (χ4v) is 2.72. The molecule has 1 fully saturated rings. The molecule has 0 unspecified atom stereocenters. The minimum Gasteiger partial charge on any atom is -0.378 e. The van der Waals surface area contributed by atoms with Gasteiger partial charge in [0.1, 0.15) is 5.82 Å². The molecule has 23 heavy (non-hydrogen) atoms. The fourth-order valence-electron chi connectivity index (χ4n) is 2.72. The predicted octanol–water partition coefficient (Wildman–Crippen LogP) is 3.31. The van der Waals surface area contributed by atoms with Crippen molar-refractivity contribution in [2.45, 2.75) is 25.7 Å². The molecule has 2 aromatic rings. The summed E-state index contributed by atoms with van der Waals surface area (Å²) in [5.74, 6) is 0.828. The molecule has 2 heterocycles. The number of H-pyrrole nitrogens is 1. The number of rotatable bonds is 3. The standard InChI is InChI=1S/C16H18F3N3O/c1-11-8-20-15(21-11)14-10-23-7-6-22(14)9-12-2-4-13(5-3-12)16(17,18)19/h2-5,8,14H,6-7,9-10H2,1H3,(H,20,21)/t14-/m0/s1. The average molecular weight is 325 g/mol. The van der Waals surface area contributed by atoms with Gasteiger partial charge in [-0.1, -0.05) is 12.1 Å². The summed E-state index contributed by atoms with van der Waals surface area (Å²) in [5, 5.41) is 0. The Morgan fingerprint density at radius 1 is 1.30 bits per heavy atom. The summed E-state index contributed by atoms with van der Waals surface area (Å²) in [4.78, 5) is 9.73. The van der Waals surface area contributed by atoms with Crippen LogP contribution in [0.1, 0.15) is 28.7 Å². The number of benzene rings is 1. The Bertz CT molecular complexity index is 651. The van der Waals surface area contributed by atoms with Crippen LogP contribution in [0.3, 0.4) is 0 Å². The first kappa shape index (κ1) is 16.0. The van der Waals surface area contributed by atoms with Crippen molar-refractivity contribution in [2.75, 3.05) is 19.8 Å². The van der Waals surface area contributed by atoms with E-state index in [4.69, 9.17) is 4.74 Å². The second-order valence-electron chi connectivity index (χ2n) is 5.71. The first-order chi connectivity index (χ1) is 10.9. The number of aromatic nitrogens is 2. The van der Waals surface area contributed by atoms with E-state index in [1.807, 2.05) is 6.92 Å². The largest absolute Gasteiger partial charge is 0.416 e. The molecule has 0 spiro atoms. The molecule has 1 aromatic heterocycles. The van der Waals surface area contributed by atoms with Crippen LogP contribution in [-0.4, -0.2) is 34.6 Å². The first-order valence-corrected chi connectivity index (χ1v) is 7.43. The van der Waals surface area contributed by atoms with Gasteiger partial charge in [0.05, 0.1) is 24.8 Å². The summed E-state index contributed by atoms with van der Waals surface area (Å²) in [6.07, 6.45) is -2.54. The van der Waals surface area contributed by atoms with Crippen molar-refractivity contribution in [1.82, 2.24) is 14.9 Å². The van der Waals surface area contributed by atoms with Gasteiger partial charge >= 0.3 is 6.18 Å². The highest BCUT2D eigenvalue weighted by Gasteiger charge is 2.30. The molecule has 1 N–H and O–H groups in total. The molecule has 3 rings (SSSR count). The average Bonchev–Trinajstić information content (AvgIpc) is 2.94. The second-order valence-corrected chi connectivity index (χ2v) is 5.71. The fraction of sp³-hybridized carbons (Fsp3) is 0.438. The van der Waals surface area contributed by atoms with Crippen LogP contribution in [-0.2, 0) is 17.5 Å². The third-order valence-corrected chi connectivity index (χ3v) is 3.94. The van der Waals surface area contributed by atoms with Crippen molar-refractivity contribution in [3.63, 3.8) is 0 Å². The zero-order chi connectivity index (χ0) is 16.4. The van der Waals surface area contributed by atoms with E-state index in [1.165, 1.54) is 12.1 Å². The zero-order valence-corrected chi connectivity index (χ0v) is 12.7. The van der Waals surface area contributed by atoms with Crippen molar-refractivity contribution in [3.05, 3.63) is 53.1 Å². The first-order valence-electron chi connectivity index (χ1n) is 7.43. The molecule has 0 aliphatic carbocycles. The van der Waals surface area contributed by atoms with E-state index in [0.717, 1.165) is 29.2 Å². The summed E-state index contributed by atoms with van der Waals surface area (Å²) in [5.41, 5.74) is 1.19. The maximum Gasteiger partial charge on any atom is 0.416 e. The number of nitrogens with one attached hydrogen (secondary N) is 1. The van der Waals surface area contributed by atoms with Gasteiger partial charge in [-0.25, -0.2) is 4.98 Å². The SMILES string of the molecule is Cc1cnc([C@@H]2COCCN2Cc2ccc(C(F)(F)F)cc2)[nH]1. The second kappa shape index (κ2) is 6.33. The van der Waals surface area contributed by atoms with Crippen molar-refractivity contribution in [3.8, 4) is 0 Å². The summed E-state index contributed by atoms with van der Waals surface area (Å²) in [6.45, 7) is 4.34. The molecule has 1 aliphatic rings. The number of hydrogen-bond donors (Lipinski definition) is 1. The monoisotopic (exact) mass is 325 g/mol. The van der Waals surface area contributed by atoms with E-state index in [9.17, 15) is 13.2 Å². The van der Waals surface area contributed by atoms with E-state index in [1.54, 1.807) is 6.20 Å². The molecule has 0 amide bonds. The molecular formula is C16H18F3N3O. The maximum atomic E-state index is 12.6. The van der Waals surface area contributed by atoms with Gasteiger partial charge in [0.25, 0.3) is 0 Å². The van der Waals surface area contributed by atoms with Gasteiger partial charge in [-0.3, -0.25) is 4.90 Å². The van der Waals surface area contributed by atoms with Crippen molar-refractivity contribution < 1.29 is 17.9 Å². The van der Waals surface area contributed by atoms with Gasteiger partial charge in [0.2, 0.25) is 0 Å². The molecule has 4 nitrogen and oxygen atoms in total. The Labute approximate surface area is 132 Å². The molecule has 0 bridgehead atoms. The van der Waals surface area contributed by atoms with Crippen LogP contribution in [0.2, 0.25) is 0 Å². The van der Waals surface area contributed by atoms with Gasteiger partial charge in [-0.2, -0.15) is 13.2 Å². The lowest BCUT2D eigenvalue weighted by molar-refractivity contribution is -0.137. The Hall–Kier alpha value is -1.86. The summed E-state index contributed by atoms with van der Waals surface area (Å²) in [6, 6.07) is 5.30. The highest BCUT2D eigenvalue weighted by atomic mass is 19.4. The van der Waals surface area contributed by atoms with E-state index >= 15 is 0 Å². The molecule has 1 aliphatic heterocycles. The van der Waals surface area contributed by atoms with E-state index < -0.39 is 11.7 Å². The molecule has 7 heteroatoms. The van der Waals surface area contributed by atoms with Crippen LogP contribution in [0.4, 0.5) is 13.2 Å². The Kier molecular flexibility index (Phi) is 4.41. The highest BCUT2D eigenvalue weighted by molar-refractivity contribution is 5.24. The van der Waals surface area contributed by atoms with Crippen LogP contribution in [0, 0.1) is 6.92 Å². The third-order valence-electron chi connectivity index (χ3n) is 3.94. The number of imidazole rings is 1. The molecule has 1 atom stereocenters. The number of morpholine rings is 1. The highest BCUT2D eigenvalue weighted by Crippen LogP contribution is 2.30. The Balaban J connectivity index is 1.74. The van der Waals surface area contributed by atoms with Crippen LogP contribution >= 0.6 is 0 Å². The minimum atomic E-state index is -4.30. The van der Waals surface area contributed by atoms with Crippen LogP contribution in [0.25, 0.3) is 0 Å². The maximum absolute atomic E-state index is 12.6. The van der Waals surface area contributed by atoms with Gasteiger partial charge in [0.15, 0.2) is 0 Å². The lowest BCUT2D eigenvalue weighted by Gasteiger charge is -2.34. The number of halogens is 3. The molecular weight excluding hydrogens is 307 g/mol. The van der Waals surface area contributed by atoms with Crippen LogP contribution in [0.5, 0.6) is 0 Å².